The molecular weight excluding hydrogens is 405 g/mol. The molecule has 1 amide bonds. The fourth-order valence-corrected chi connectivity index (χ4v) is 4.02. The largest absolute Gasteiger partial charge is 0.465 e. The van der Waals surface area contributed by atoms with E-state index in [4.69, 9.17) is 18.8 Å². The predicted molar refractivity (Wildman–Crippen MR) is 124 cm³/mol. The van der Waals surface area contributed by atoms with Crippen LogP contribution < -0.4 is 14.8 Å². The Morgan fingerprint density at radius 2 is 1.69 bits per heavy atom. The first kappa shape index (κ1) is 22.7. The maximum absolute atomic E-state index is 12.4. The number of rotatable bonds is 8. The van der Waals surface area contributed by atoms with Crippen molar-refractivity contribution in [2.75, 3.05) is 6.79 Å². The topological polar surface area (TPSA) is 66.0 Å². The minimum atomic E-state index is -0.417. The third kappa shape index (κ3) is 4.94. The molecule has 0 spiro atoms. The summed E-state index contributed by atoms with van der Waals surface area (Å²) in [5.74, 6) is 1.52. The molecule has 0 radical (unpaired) electrons. The molecule has 2 heterocycles. The van der Waals surface area contributed by atoms with Gasteiger partial charge in [0.15, 0.2) is 11.5 Å². The van der Waals surface area contributed by atoms with Crippen LogP contribution in [0.15, 0.2) is 48.5 Å². The number of hydrogen-bond donors (Lipinski definition) is 1. The summed E-state index contributed by atoms with van der Waals surface area (Å²) in [5, 5.41) is 3.00. The van der Waals surface area contributed by atoms with E-state index in [0.29, 0.717) is 13.0 Å². The van der Waals surface area contributed by atoms with Crippen molar-refractivity contribution in [1.82, 2.24) is 5.32 Å². The average Bonchev–Trinajstić information content (AvgIpc) is 3.31. The lowest BCUT2D eigenvalue weighted by Crippen LogP contribution is -2.41. The molecule has 2 aromatic carbocycles. The molecule has 0 bridgehead atoms. The van der Waals surface area contributed by atoms with Crippen molar-refractivity contribution in [1.29, 1.82) is 0 Å². The third-order valence-corrected chi connectivity index (χ3v) is 6.68. The molecule has 2 aliphatic heterocycles. The second-order valence-electron chi connectivity index (χ2n) is 9.50. The van der Waals surface area contributed by atoms with Gasteiger partial charge in [0, 0.05) is 18.8 Å². The van der Waals surface area contributed by atoms with Gasteiger partial charge in [-0.1, -0.05) is 36.4 Å². The van der Waals surface area contributed by atoms with Crippen LogP contribution in [0.4, 0.5) is 0 Å². The van der Waals surface area contributed by atoms with Gasteiger partial charge in [0.25, 0.3) is 0 Å². The van der Waals surface area contributed by atoms with Crippen molar-refractivity contribution in [3.63, 3.8) is 0 Å². The number of fused-ring (bicyclic) bond motifs is 1. The van der Waals surface area contributed by atoms with Crippen LogP contribution in [-0.2, 0) is 20.6 Å². The predicted octanol–water partition coefficient (Wildman–Crippen LogP) is 4.62. The third-order valence-electron chi connectivity index (χ3n) is 6.68. The maximum Gasteiger partial charge on any atom is 0.465 e. The van der Waals surface area contributed by atoms with Crippen LogP contribution in [0, 0.1) is 0 Å². The van der Waals surface area contributed by atoms with Crippen LogP contribution in [0.25, 0.3) is 0 Å². The van der Waals surface area contributed by atoms with Crippen molar-refractivity contribution in [2.24, 2.45) is 0 Å². The lowest BCUT2D eigenvalue weighted by Gasteiger charge is -2.32. The highest BCUT2D eigenvalue weighted by Crippen LogP contribution is 2.44. The molecule has 2 aliphatic rings. The summed E-state index contributed by atoms with van der Waals surface area (Å²) in [6.07, 6.45) is 1.94. The Morgan fingerprint density at radius 1 is 1.00 bits per heavy atom. The van der Waals surface area contributed by atoms with E-state index in [-0.39, 0.29) is 18.5 Å². The summed E-state index contributed by atoms with van der Waals surface area (Å²) in [6, 6.07) is 15.9. The van der Waals surface area contributed by atoms with Crippen molar-refractivity contribution in [2.45, 2.75) is 70.5 Å². The van der Waals surface area contributed by atoms with Gasteiger partial charge in [0.2, 0.25) is 12.7 Å². The number of carbonyl (C=O) groups excluding carboxylic acids is 1. The Balaban J connectivity index is 1.41. The zero-order valence-corrected chi connectivity index (χ0v) is 19.4. The highest BCUT2D eigenvalue weighted by molar-refractivity contribution is 6.47. The standard InChI is InChI=1S/C25H32BNO5/c1-24(2)25(3,4)32-26(31-24)20(19-13-14-21-22(15-19)30-17-29-21)11-8-12-23(28)27-16-18-9-6-5-7-10-18/h5-7,9-10,13-15,20H,8,11-12,16-17H2,1-4H3,(H,27,28)/t20-/m0/s1. The van der Waals surface area contributed by atoms with Crippen molar-refractivity contribution < 1.29 is 23.6 Å². The second kappa shape index (κ2) is 9.16. The minimum Gasteiger partial charge on any atom is -0.454 e. The average molecular weight is 437 g/mol. The van der Waals surface area contributed by atoms with Gasteiger partial charge in [-0.3, -0.25) is 4.79 Å². The summed E-state index contributed by atoms with van der Waals surface area (Å²) in [4.78, 5) is 12.4. The lowest BCUT2D eigenvalue weighted by atomic mass is 9.65. The summed E-state index contributed by atoms with van der Waals surface area (Å²) < 4.78 is 23.8. The van der Waals surface area contributed by atoms with Crippen molar-refractivity contribution in [3.8, 4) is 11.5 Å². The molecule has 0 aliphatic carbocycles. The molecule has 4 rings (SSSR count). The first-order valence-corrected chi connectivity index (χ1v) is 11.3. The fraction of sp³-hybridized carbons (Fsp3) is 0.480. The number of ether oxygens (including phenoxy) is 2. The van der Waals surface area contributed by atoms with Gasteiger partial charge in [-0.2, -0.15) is 0 Å². The Hall–Kier alpha value is -2.51. The van der Waals surface area contributed by atoms with Crippen LogP contribution >= 0.6 is 0 Å². The van der Waals surface area contributed by atoms with E-state index < -0.39 is 18.3 Å². The zero-order chi connectivity index (χ0) is 22.8. The summed E-state index contributed by atoms with van der Waals surface area (Å²) in [7, 11) is -0.396. The van der Waals surface area contributed by atoms with Gasteiger partial charge in [-0.05, 0) is 63.8 Å². The zero-order valence-electron chi connectivity index (χ0n) is 19.4. The van der Waals surface area contributed by atoms with Gasteiger partial charge in [-0.15, -0.1) is 0 Å². The van der Waals surface area contributed by atoms with Gasteiger partial charge in [-0.25, -0.2) is 0 Å². The first-order valence-electron chi connectivity index (χ1n) is 11.3. The monoisotopic (exact) mass is 437 g/mol. The first-order chi connectivity index (χ1) is 15.2. The number of hydrogen-bond acceptors (Lipinski definition) is 5. The van der Waals surface area contributed by atoms with E-state index >= 15 is 0 Å². The number of benzene rings is 2. The molecule has 0 aromatic heterocycles. The normalized spacial score (nSPS) is 19.1. The van der Waals surface area contributed by atoms with Gasteiger partial charge >= 0.3 is 7.12 Å². The van der Waals surface area contributed by atoms with Crippen molar-refractivity contribution >= 4 is 13.0 Å². The second-order valence-corrected chi connectivity index (χ2v) is 9.50. The molecule has 170 valence electrons. The van der Waals surface area contributed by atoms with Crippen molar-refractivity contribution in [3.05, 3.63) is 59.7 Å². The van der Waals surface area contributed by atoms with E-state index in [1.807, 2.05) is 48.5 Å². The fourth-order valence-electron chi connectivity index (χ4n) is 4.02. The molecule has 1 atom stereocenters. The minimum absolute atomic E-state index is 0.0209. The molecule has 1 fully saturated rings. The summed E-state index contributed by atoms with van der Waals surface area (Å²) >= 11 is 0. The van der Waals surface area contributed by atoms with Gasteiger partial charge in [0.05, 0.1) is 11.2 Å². The van der Waals surface area contributed by atoms with E-state index in [1.54, 1.807) is 0 Å². The highest BCUT2D eigenvalue weighted by Gasteiger charge is 2.53. The van der Waals surface area contributed by atoms with Crippen LogP contribution in [-0.4, -0.2) is 31.0 Å². The van der Waals surface area contributed by atoms with E-state index in [0.717, 1.165) is 35.5 Å². The van der Waals surface area contributed by atoms with E-state index in [1.165, 1.54) is 0 Å². The number of amides is 1. The van der Waals surface area contributed by atoms with Gasteiger partial charge in [0.1, 0.15) is 0 Å². The lowest BCUT2D eigenvalue weighted by molar-refractivity contribution is -0.121. The summed E-state index contributed by atoms with van der Waals surface area (Å²) in [5.41, 5.74) is 1.33. The molecule has 1 N–H and O–H groups in total. The van der Waals surface area contributed by atoms with Crippen LogP contribution in [0.1, 0.15) is 63.9 Å². The van der Waals surface area contributed by atoms with Crippen LogP contribution in [0.2, 0.25) is 0 Å². The number of nitrogens with one attached hydrogen (secondary N) is 1. The van der Waals surface area contributed by atoms with Gasteiger partial charge < -0.3 is 24.1 Å². The molecule has 0 saturated carbocycles. The summed E-state index contributed by atoms with van der Waals surface area (Å²) in [6.45, 7) is 9.01. The van der Waals surface area contributed by atoms with E-state index in [9.17, 15) is 4.79 Å². The Morgan fingerprint density at radius 3 is 2.41 bits per heavy atom. The molecule has 0 unspecified atom stereocenters. The molecule has 6 nitrogen and oxygen atoms in total. The molecular formula is C25H32BNO5. The Bertz CT molecular complexity index is 931. The molecule has 32 heavy (non-hydrogen) atoms. The van der Waals surface area contributed by atoms with Crippen LogP contribution in [0.3, 0.4) is 0 Å². The molecule has 1 saturated heterocycles. The SMILES string of the molecule is CC1(C)OB([C@@H](CCCC(=O)NCc2ccccc2)c2ccc3c(c2)OCO3)OC1(C)C. The molecule has 7 heteroatoms. The van der Waals surface area contributed by atoms with E-state index in [2.05, 4.69) is 33.0 Å². The maximum atomic E-state index is 12.4. The highest BCUT2D eigenvalue weighted by atomic mass is 16.7. The smallest absolute Gasteiger partial charge is 0.454 e. The van der Waals surface area contributed by atoms with Crippen LogP contribution in [0.5, 0.6) is 11.5 Å². The Kier molecular flexibility index (Phi) is 6.49. The quantitative estimate of drug-likeness (QED) is 0.611. The Labute approximate surface area is 190 Å². The molecule has 2 aromatic rings. The number of carbonyl (C=O) groups is 1.